The Morgan fingerprint density at radius 1 is 1.15 bits per heavy atom. The normalized spacial score (nSPS) is 12.6. The Hall–Kier alpha value is -3.62. The van der Waals surface area contributed by atoms with E-state index in [4.69, 9.17) is 14.5 Å². The molecule has 3 aromatic rings. The van der Waals surface area contributed by atoms with Crippen LogP contribution in [0, 0.1) is 0 Å². The van der Waals surface area contributed by atoms with Crippen LogP contribution in [-0.2, 0) is 11.3 Å². The number of carbonyl (C=O) groups is 1. The van der Waals surface area contributed by atoms with Gasteiger partial charge in [0.15, 0.2) is 5.82 Å². The molecule has 1 amide bonds. The minimum Gasteiger partial charge on any atom is -0.497 e. The monoisotopic (exact) mass is 452 g/mol. The van der Waals surface area contributed by atoms with Gasteiger partial charge in [0.1, 0.15) is 17.0 Å². The zero-order chi connectivity index (χ0) is 23.8. The molecule has 2 aromatic heterocycles. The molecule has 0 radical (unpaired) electrons. The van der Waals surface area contributed by atoms with E-state index in [2.05, 4.69) is 39.8 Å². The summed E-state index contributed by atoms with van der Waals surface area (Å²) in [5, 5.41) is 9.73. The molecular weight excluding hydrogens is 420 g/mol. The van der Waals surface area contributed by atoms with Crippen molar-refractivity contribution in [1.29, 1.82) is 0 Å². The van der Waals surface area contributed by atoms with E-state index in [-0.39, 0.29) is 5.91 Å². The molecule has 0 unspecified atom stereocenters. The van der Waals surface area contributed by atoms with Crippen LogP contribution < -0.4 is 25.4 Å². The number of hydrogen-bond acceptors (Lipinski definition) is 8. The van der Waals surface area contributed by atoms with E-state index in [0.717, 1.165) is 29.7 Å². The molecule has 0 saturated carbocycles. The first-order valence-electron chi connectivity index (χ1n) is 11.0. The summed E-state index contributed by atoms with van der Waals surface area (Å²) in [5.41, 5.74) is 1.95. The molecule has 0 aliphatic heterocycles. The molecular formula is C24H32N6O3. The van der Waals surface area contributed by atoms with Gasteiger partial charge in [-0.3, -0.25) is 9.78 Å². The Bertz CT molecular complexity index is 1110. The lowest BCUT2D eigenvalue weighted by Gasteiger charge is -2.31. The van der Waals surface area contributed by atoms with E-state index in [9.17, 15) is 4.79 Å². The van der Waals surface area contributed by atoms with Gasteiger partial charge in [-0.15, -0.1) is 0 Å². The molecule has 1 aromatic carbocycles. The molecule has 0 aliphatic carbocycles. The fourth-order valence-corrected chi connectivity index (χ4v) is 3.66. The Labute approximate surface area is 194 Å². The second-order valence-corrected chi connectivity index (χ2v) is 8.14. The van der Waals surface area contributed by atoms with Crippen molar-refractivity contribution in [3.8, 4) is 11.5 Å². The van der Waals surface area contributed by atoms with Gasteiger partial charge in [-0.2, -0.15) is 4.98 Å². The van der Waals surface area contributed by atoms with Crippen LogP contribution in [0.2, 0.25) is 0 Å². The van der Waals surface area contributed by atoms with Crippen LogP contribution in [0.5, 0.6) is 11.5 Å². The number of fused-ring (bicyclic) bond motifs is 1. The molecule has 3 rings (SSSR count). The Kier molecular flexibility index (Phi) is 7.87. The Balaban J connectivity index is 1.89. The van der Waals surface area contributed by atoms with Gasteiger partial charge in [0.05, 0.1) is 25.3 Å². The van der Waals surface area contributed by atoms with Crippen molar-refractivity contribution in [3.05, 3.63) is 42.1 Å². The van der Waals surface area contributed by atoms with E-state index >= 15 is 0 Å². The number of anilines is 2. The number of ether oxygens (including phenoxy) is 2. The Morgan fingerprint density at radius 2 is 1.97 bits per heavy atom. The van der Waals surface area contributed by atoms with Gasteiger partial charge in [-0.05, 0) is 37.6 Å². The summed E-state index contributed by atoms with van der Waals surface area (Å²) in [7, 11) is 3.25. The summed E-state index contributed by atoms with van der Waals surface area (Å²) in [4.78, 5) is 25.4. The number of nitrogens with zero attached hydrogens (tertiary/aromatic N) is 3. The van der Waals surface area contributed by atoms with Crippen LogP contribution in [-0.4, -0.2) is 47.2 Å². The number of benzene rings is 1. The van der Waals surface area contributed by atoms with Crippen LogP contribution in [0.4, 0.5) is 11.8 Å². The number of carbonyl (C=O) groups excluding carboxylic acids is 1. The van der Waals surface area contributed by atoms with Gasteiger partial charge in [0, 0.05) is 37.8 Å². The summed E-state index contributed by atoms with van der Waals surface area (Å²) in [5.74, 6) is 2.46. The SMILES string of the molecule is CCC[C@](C)(CNC(C)=O)Nc1nc(NCc2ccc(OC)cc2OC)nc2cccnc12. The second kappa shape index (κ2) is 10.8. The van der Waals surface area contributed by atoms with Crippen LogP contribution in [0.25, 0.3) is 11.0 Å². The molecule has 0 saturated heterocycles. The number of aromatic nitrogens is 3. The van der Waals surface area contributed by atoms with Crippen molar-refractivity contribution >= 4 is 28.7 Å². The quantitative estimate of drug-likeness (QED) is 0.403. The van der Waals surface area contributed by atoms with Crippen molar-refractivity contribution in [2.24, 2.45) is 0 Å². The van der Waals surface area contributed by atoms with Crippen LogP contribution in [0.1, 0.15) is 39.2 Å². The molecule has 1 atom stereocenters. The number of methoxy groups -OCH3 is 2. The summed E-state index contributed by atoms with van der Waals surface area (Å²) in [6.45, 7) is 6.64. The van der Waals surface area contributed by atoms with Crippen molar-refractivity contribution in [2.75, 3.05) is 31.4 Å². The summed E-state index contributed by atoms with van der Waals surface area (Å²) < 4.78 is 10.8. The molecule has 0 fully saturated rings. The number of nitrogens with one attached hydrogen (secondary N) is 3. The molecule has 33 heavy (non-hydrogen) atoms. The lowest BCUT2D eigenvalue weighted by molar-refractivity contribution is -0.119. The predicted molar refractivity (Wildman–Crippen MR) is 130 cm³/mol. The molecule has 0 aliphatic rings. The first-order valence-corrected chi connectivity index (χ1v) is 11.0. The minimum absolute atomic E-state index is 0.0689. The third kappa shape index (κ3) is 6.21. The third-order valence-electron chi connectivity index (χ3n) is 5.34. The second-order valence-electron chi connectivity index (χ2n) is 8.14. The van der Waals surface area contributed by atoms with E-state index in [1.807, 2.05) is 30.3 Å². The highest BCUT2D eigenvalue weighted by molar-refractivity contribution is 5.86. The van der Waals surface area contributed by atoms with Gasteiger partial charge in [-0.25, -0.2) is 4.98 Å². The van der Waals surface area contributed by atoms with Gasteiger partial charge in [0.2, 0.25) is 11.9 Å². The summed E-state index contributed by atoms with van der Waals surface area (Å²) in [6.07, 6.45) is 3.51. The largest absolute Gasteiger partial charge is 0.497 e. The number of rotatable bonds is 11. The van der Waals surface area contributed by atoms with Crippen LogP contribution in [0.15, 0.2) is 36.5 Å². The summed E-state index contributed by atoms with van der Waals surface area (Å²) >= 11 is 0. The zero-order valence-corrected chi connectivity index (χ0v) is 19.9. The maximum absolute atomic E-state index is 11.5. The van der Waals surface area contributed by atoms with Crippen LogP contribution >= 0.6 is 0 Å². The molecule has 2 heterocycles. The maximum Gasteiger partial charge on any atom is 0.225 e. The predicted octanol–water partition coefficient (Wildman–Crippen LogP) is 3.76. The van der Waals surface area contributed by atoms with E-state index < -0.39 is 5.54 Å². The number of pyridine rings is 1. The van der Waals surface area contributed by atoms with Crippen LogP contribution in [0.3, 0.4) is 0 Å². The topological polar surface area (TPSA) is 110 Å². The Morgan fingerprint density at radius 3 is 2.67 bits per heavy atom. The van der Waals surface area contributed by atoms with Crippen molar-refractivity contribution in [3.63, 3.8) is 0 Å². The maximum atomic E-state index is 11.5. The highest BCUT2D eigenvalue weighted by atomic mass is 16.5. The van der Waals surface area contributed by atoms with Gasteiger partial charge >= 0.3 is 0 Å². The van der Waals surface area contributed by atoms with E-state index in [1.165, 1.54) is 6.92 Å². The average molecular weight is 453 g/mol. The third-order valence-corrected chi connectivity index (χ3v) is 5.34. The molecule has 3 N–H and O–H groups in total. The molecule has 9 nitrogen and oxygen atoms in total. The van der Waals surface area contributed by atoms with E-state index in [0.29, 0.717) is 36.1 Å². The molecule has 176 valence electrons. The van der Waals surface area contributed by atoms with Gasteiger partial charge in [0.25, 0.3) is 0 Å². The van der Waals surface area contributed by atoms with Gasteiger partial charge < -0.3 is 25.4 Å². The highest BCUT2D eigenvalue weighted by Gasteiger charge is 2.25. The smallest absolute Gasteiger partial charge is 0.225 e. The minimum atomic E-state index is -0.393. The number of hydrogen-bond donors (Lipinski definition) is 3. The molecule has 0 bridgehead atoms. The zero-order valence-electron chi connectivity index (χ0n) is 19.9. The first kappa shape index (κ1) is 24.0. The standard InChI is InChI=1S/C24H32N6O3/c1-6-11-24(3,15-27-16(2)31)30-22-21-19(8-7-12-25-21)28-23(29-22)26-14-17-9-10-18(32-4)13-20(17)33-5/h7-10,12-13H,6,11,14-15H2,1-5H3,(H,27,31)(H2,26,28,29,30)/t24-/m1/s1. The highest BCUT2D eigenvalue weighted by Crippen LogP contribution is 2.27. The molecule has 9 heteroatoms. The summed E-state index contributed by atoms with van der Waals surface area (Å²) in [6, 6.07) is 9.42. The average Bonchev–Trinajstić information content (AvgIpc) is 2.81. The fourth-order valence-electron chi connectivity index (χ4n) is 3.66. The molecule has 0 spiro atoms. The fraction of sp³-hybridized carbons (Fsp3) is 0.417. The first-order chi connectivity index (χ1) is 15.9. The van der Waals surface area contributed by atoms with Crippen molar-refractivity contribution < 1.29 is 14.3 Å². The van der Waals surface area contributed by atoms with Crippen molar-refractivity contribution in [2.45, 2.75) is 45.7 Å². The lowest BCUT2D eigenvalue weighted by atomic mass is 9.95. The van der Waals surface area contributed by atoms with Gasteiger partial charge in [-0.1, -0.05) is 13.3 Å². The lowest BCUT2D eigenvalue weighted by Crippen LogP contribution is -2.46. The van der Waals surface area contributed by atoms with E-state index in [1.54, 1.807) is 20.4 Å². The number of amides is 1. The van der Waals surface area contributed by atoms with Crippen molar-refractivity contribution in [1.82, 2.24) is 20.3 Å².